The number of carboxylic acid groups (broad SMARTS) is 1. The first-order chi connectivity index (χ1) is 6.29. The minimum absolute atomic E-state index is 0.603. The lowest BCUT2D eigenvalue weighted by Crippen LogP contribution is -2.05. The molecule has 4 nitrogen and oxygen atoms in total. The first-order valence-electron chi connectivity index (χ1n) is 3.81. The highest BCUT2D eigenvalue weighted by Crippen LogP contribution is 1.94. The largest absolute Gasteiger partial charge is 0.478 e. The molecule has 0 saturated carbocycles. The summed E-state index contributed by atoms with van der Waals surface area (Å²) in [5.74, 6) is -0.956. The van der Waals surface area contributed by atoms with Crippen molar-refractivity contribution in [3.63, 3.8) is 0 Å². The van der Waals surface area contributed by atoms with Gasteiger partial charge in [0.2, 0.25) is 0 Å². The van der Waals surface area contributed by atoms with Gasteiger partial charge in [-0.15, -0.1) is 0 Å². The third-order valence-electron chi connectivity index (χ3n) is 1.40. The van der Waals surface area contributed by atoms with Crippen molar-refractivity contribution >= 4 is 5.97 Å². The summed E-state index contributed by atoms with van der Waals surface area (Å²) in [6.45, 7) is 0.603. The molecule has 0 aliphatic heterocycles. The Morgan fingerprint density at radius 3 is 2.85 bits per heavy atom. The number of nitrogens with one attached hydrogen (secondary N) is 1. The van der Waals surface area contributed by atoms with Crippen LogP contribution in [0.25, 0.3) is 0 Å². The number of rotatable bonds is 4. The van der Waals surface area contributed by atoms with E-state index in [0.717, 1.165) is 11.6 Å². The van der Waals surface area contributed by atoms with Gasteiger partial charge in [0.25, 0.3) is 0 Å². The Balaban J connectivity index is 2.32. The molecule has 0 bridgehead atoms. The van der Waals surface area contributed by atoms with Gasteiger partial charge in [-0.2, -0.15) is 0 Å². The minimum atomic E-state index is -0.956. The third kappa shape index (κ3) is 3.91. The van der Waals surface area contributed by atoms with Crippen molar-refractivity contribution in [3.05, 3.63) is 42.4 Å². The van der Waals surface area contributed by atoms with E-state index < -0.39 is 5.97 Å². The van der Waals surface area contributed by atoms with Gasteiger partial charge in [0.15, 0.2) is 0 Å². The standard InChI is InChI=1S/C9H10N2O2/c12-9(13)3-6-11-7-8-1-4-10-5-2-8/h1-6,11H,7H2,(H,12,13). The molecule has 0 aliphatic rings. The smallest absolute Gasteiger partial charge is 0.329 e. The van der Waals surface area contributed by atoms with Crippen molar-refractivity contribution in [2.24, 2.45) is 0 Å². The summed E-state index contributed by atoms with van der Waals surface area (Å²) in [6, 6.07) is 3.73. The molecule has 0 unspecified atom stereocenters. The van der Waals surface area contributed by atoms with Crippen molar-refractivity contribution < 1.29 is 9.90 Å². The number of aliphatic carboxylic acids is 1. The molecule has 0 aliphatic carbocycles. The van der Waals surface area contributed by atoms with Crippen LogP contribution in [0.1, 0.15) is 5.56 Å². The fraction of sp³-hybridized carbons (Fsp3) is 0.111. The van der Waals surface area contributed by atoms with Gasteiger partial charge in [0.05, 0.1) is 0 Å². The Labute approximate surface area is 75.9 Å². The Kier molecular flexibility index (Phi) is 3.50. The summed E-state index contributed by atoms with van der Waals surface area (Å²) in [5, 5.41) is 11.1. The van der Waals surface area contributed by atoms with Gasteiger partial charge in [0, 0.05) is 31.2 Å². The van der Waals surface area contributed by atoms with Crippen molar-refractivity contribution in [2.75, 3.05) is 0 Å². The highest BCUT2D eigenvalue weighted by atomic mass is 16.4. The van der Waals surface area contributed by atoms with Crippen molar-refractivity contribution in [3.8, 4) is 0 Å². The van der Waals surface area contributed by atoms with E-state index in [1.54, 1.807) is 12.4 Å². The van der Waals surface area contributed by atoms with E-state index in [4.69, 9.17) is 5.11 Å². The Morgan fingerprint density at radius 1 is 1.54 bits per heavy atom. The van der Waals surface area contributed by atoms with Crippen molar-refractivity contribution in [1.29, 1.82) is 0 Å². The highest BCUT2D eigenvalue weighted by Gasteiger charge is 1.88. The Bertz CT molecular complexity index is 296. The molecular formula is C9H10N2O2. The Hall–Kier alpha value is -1.84. The summed E-state index contributed by atoms with van der Waals surface area (Å²) < 4.78 is 0. The zero-order valence-electron chi connectivity index (χ0n) is 6.97. The third-order valence-corrected chi connectivity index (χ3v) is 1.40. The average Bonchev–Trinajstić information content (AvgIpc) is 2.14. The van der Waals surface area contributed by atoms with E-state index in [1.165, 1.54) is 6.20 Å². The maximum atomic E-state index is 10.1. The van der Waals surface area contributed by atoms with Gasteiger partial charge in [-0.05, 0) is 17.7 Å². The van der Waals surface area contributed by atoms with Gasteiger partial charge in [-0.3, -0.25) is 4.98 Å². The summed E-state index contributed by atoms with van der Waals surface area (Å²) in [7, 11) is 0. The predicted octanol–water partition coefficient (Wildman–Crippen LogP) is 0.769. The molecule has 1 heterocycles. The number of hydrogen-bond acceptors (Lipinski definition) is 3. The molecule has 1 aromatic rings. The molecule has 0 radical (unpaired) electrons. The van der Waals surface area contributed by atoms with Crippen LogP contribution in [0.5, 0.6) is 0 Å². The number of hydrogen-bond donors (Lipinski definition) is 2. The van der Waals surface area contributed by atoms with E-state index in [0.29, 0.717) is 6.54 Å². The van der Waals surface area contributed by atoms with Gasteiger partial charge in [-0.1, -0.05) is 0 Å². The molecule has 1 rings (SSSR count). The molecule has 68 valence electrons. The number of pyridine rings is 1. The summed E-state index contributed by atoms with van der Waals surface area (Å²) in [6.07, 6.45) is 5.85. The van der Waals surface area contributed by atoms with Crippen LogP contribution < -0.4 is 5.32 Å². The SMILES string of the molecule is O=C(O)C=CNCc1ccncc1. The molecule has 0 atom stereocenters. The molecular weight excluding hydrogens is 168 g/mol. The van der Waals surface area contributed by atoms with Crippen LogP contribution in [0.2, 0.25) is 0 Å². The number of carbonyl (C=O) groups is 1. The normalized spacial score (nSPS) is 10.2. The van der Waals surface area contributed by atoms with Crippen LogP contribution in [-0.4, -0.2) is 16.1 Å². The molecule has 0 aromatic carbocycles. The van der Waals surface area contributed by atoms with Crippen LogP contribution in [-0.2, 0) is 11.3 Å². The van der Waals surface area contributed by atoms with Crippen LogP contribution in [0, 0.1) is 0 Å². The quantitative estimate of drug-likeness (QED) is 0.668. The van der Waals surface area contributed by atoms with E-state index in [2.05, 4.69) is 10.3 Å². The highest BCUT2D eigenvalue weighted by molar-refractivity contribution is 5.79. The molecule has 0 amide bonds. The lowest BCUT2D eigenvalue weighted by molar-refractivity contribution is -0.131. The van der Waals surface area contributed by atoms with Gasteiger partial charge in [0.1, 0.15) is 0 Å². The van der Waals surface area contributed by atoms with E-state index in [9.17, 15) is 4.79 Å². The van der Waals surface area contributed by atoms with Crippen LogP contribution >= 0.6 is 0 Å². The molecule has 4 heteroatoms. The first-order valence-corrected chi connectivity index (χ1v) is 3.81. The second kappa shape index (κ2) is 4.92. The lowest BCUT2D eigenvalue weighted by Gasteiger charge is -1.98. The summed E-state index contributed by atoms with van der Waals surface area (Å²) >= 11 is 0. The second-order valence-corrected chi connectivity index (χ2v) is 2.41. The minimum Gasteiger partial charge on any atom is -0.478 e. The van der Waals surface area contributed by atoms with Gasteiger partial charge < -0.3 is 10.4 Å². The van der Waals surface area contributed by atoms with Crippen LogP contribution in [0.4, 0.5) is 0 Å². The molecule has 1 aromatic heterocycles. The molecule has 2 N–H and O–H groups in total. The fourth-order valence-electron chi connectivity index (χ4n) is 0.808. The lowest BCUT2D eigenvalue weighted by atomic mass is 10.3. The summed E-state index contributed by atoms with van der Waals surface area (Å²) in [5.41, 5.74) is 1.06. The topological polar surface area (TPSA) is 62.2 Å². The van der Waals surface area contributed by atoms with Crippen LogP contribution in [0.15, 0.2) is 36.8 Å². The monoisotopic (exact) mass is 178 g/mol. The van der Waals surface area contributed by atoms with Gasteiger partial charge in [-0.25, -0.2) is 4.79 Å². The molecule has 0 saturated heterocycles. The molecule has 13 heavy (non-hydrogen) atoms. The average molecular weight is 178 g/mol. The number of aromatic nitrogens is 1. The zero-order valence-corrected chi connectivity index (χ0v) is 6.97. The van der Waals surface area contributed by atoms with Gasteiger partial charge >= 0.3 is 5.97 Å². The second-order valence-electron chi connectivity index (χ2n) is 2.41. The number of carboxylic acids is 1. The van der Waals surface area contributed by atoms with E-state index in [1.807, 2.05) is 12.1 Å². The Morgan fingerprint density at radius 2 is 2.23 bits per heavy atom. The number of nitrogens with zero attached hydrogens (tertiary/aromatic N) is 1. The maximum Gasteiger partial charge on any atom is 0.329 e. The van der Waals surface area contributed by atoms with E-state index >= 15 is 0 Å². The molecule has 0 fully saturated rings. The fourth-order valence-corrected chi connectivity index (χ4v) is 0.808. The van der Waals surface area contributed by atoms with Crippen molar-refractivity contribution in [2.45, 2.75) is 6.54 Å². The first kappa shape index (κ1) is 9.25. The predicted molar refractivity (Wildman–Crippen MR) is 47.9 cm³/mol. The zero-order chi connectivity index (χ0) is 9.52. The van der Waals surface area contributed by atoms with Crippen LogP contribution in [0.3, 0.4) is 0 Å². The van der Waals surface area contributed by atoms with Crippen molar-refractivity contribution in [1.82, 2.24) is 10.3 Å². The maximum absolute atomic E-state index is 10.1. The molecule has 0 spiro atoms. The summed E-state index contributed by atoms with van der Waals surface area (Å²) in [4.78, 5) is 13.9. The van der Waals surface area contributed by atoms with E-state index in [-0.39, 0.29) is 0 Å².